The molecule has 0 aliphatic heterocycles. The quantitative estimate of drug-likeness (QED) is 0.887. The monoisotopic (exact) mass is 288 g/mol. The number of nitrogens with two attached hydrogens (primary N) is 1. The van der Waals surface area contributed by atoms with Crippen molar-refractivity contribution in [2.75, 3.05) is 0 Å². The number of amides is 1. The van der Waals surface area contributed by atoms with E-state index < -0.39 is 0 Å². The summed E-state index contributed by atoms with van der Waals surface area (Å²) in [6.07, 6.45) is 0. The number of rotatable bonds is 5. The molecule has 0 aliphatic carbocycles. The van der Waals surface area contributed by atoms with Gasteiger partial charge in [-0.15, -0.1) is 0 Å². The highest BCUT2D eigenvalue weighted by Crippen LogP contribution is 2.21. The number of carbonyl (C=O) groups excluding carboxylic acids is 1. The van der Waals surface area contributed by atoms with Crippen LogP contribution >= 0.6 is 11.3 Å². The zero-order chi connectivity index (χ0) is 14.5. The molecule has 1 aromatic carbocycles. The second kappa shape index (κ2) is 6.68. The van der Waals surface area contributed by atoms with E-state index in [1.807, 2.05) is 61.0 Å². The molecule has 1 amide bonds. The molecular weight excluding hydrogens is 268 g/mol. The van der Waals surface area contributed by atoms with Crippen molar-refractivity contribution in [3.8, 4) is 0 Å². The van der Waals surface area contributed by atoms with Gasteiger partial charge in [0.1, 0.15) is 0 Å². The first-order valence-electron chi connectivity index (χ1n) is 6.72. The lowest BCUT2D eigenvalue weighted by molar-refractivity contribution is -0.125. The molecule has 0 bridgehead atoms. The Bertz CT molecular complexity index is 539. The fraction of sp³-hybridized carbons (Fsp3) is 0.312. The Balaban J connectivity index is 1.98. The molecule has 1 aromatic heterocycles. The van der Waals surface area contributed by atoms with Crippen molar-refractivity contribution >= 4 is 17.2 Å². The third-order valence-electron chi connectivity index (χ3n) is 3.54. The average Bonchev–Trinajstić information content (AvgIpc) is 3.01. The lowest BCUT2D eigenvalue weighted by Gasteiger charge is -2.22. The number of benzene rings is 1. The lowest BCUT2D eigenvalue weighted by atomic mass is 9.94. The summed E-state index contributed by atoms with van der Waals surface area (Å²) < 4.78 is 0. The van der Waals surface area contributed by atoms with E-state index in [9.17, 15) is 4.79 Å². The molecule has 3 N–H and O–H groups in total. The van der Waals surface area contributed by atoms with E-state index in [1.54, 1.807) is 11.3 Å². The molecule has 0 spiro atoms. The van der Waals surface area contributed by atoms with Crippen LogP contribution in [-0.4, -0.2) is 5.91 Å². The molecule has 3 nitrogen and oxygen atoms in total. The SMILES string of the molecule is CC(NC(=O)C(C)C(N)c1ccccc1)c1ccsc1. The molecule has 0 radical (unpaired) electrons. The summed E-state index contributed by atoms with van der Waals surface area (Å²) in [6.45, 7) is 3.86. The van der Waals surface area contributed by atoms with E-state index in [2.05, 4.69) is 5.32 Å². The first-order valence-corrected chi connectivity index (χ1v) is 7.67. The van der Waals surface area contributed by atoms with Gasteiger partial charge in [0.15, 0.2) is 0 Å². The third kappa shape index (κ3) is 3.46. The molecule has 0 saturated carbocycles. The fourth-order valence-electron chi connectivity index (χ4n) is 2.08. The van der Waals surface area contributed by atoms with E-state index >= 15 is 0 Å². The molecule has 2 rings (SSSR count). The second-order valence-electron chi connectivity index (χ2n) is 5.01. The van der Waals surface area contributed by atoms with E-state index in [0.29, 0.717) is 0 Å². The van der Waals surface area contributed by atoms with Crippen molar-refractivity contribution < 1.29 is 4.79 Å². The maximum absolute atomic E-state index is 12.3. The van der Waals surface area contributed by atoms with Crippen LogP contribution in [0.1, 0.15) is 37.1 Å². The van der Waals surface area contributed by atoms with Crippen LogP contribution in [0.2, 0.25) is 0 Å². The molecule has 1 heterocycles. The van der Waals surface area contributed by atoms with Crippen LogP contribution in [0.4, 0.5) is 0 Å². The number of nitrogens with one attached hydrogen (secondary N) is 1. The predicted molar refractivity (Wildman–Crippen MR) is 83.4 cm³/mol. The summed E-state index contributed by atoms with van der Waals surface area (Å²) in [6, 6.07) is 11.5. The van der Waals surface area contributed by atoms with E-state index in [0.717, 1.165) is 11.1 Å². The topological polar surface area (TPSA) is 55.1 Å². The molecule has 20 heavy (non-hydrogen) atoms. The Kier molecular flexibility index (Phi) is 4.93. The van der Waals surface area contributed by atoms with Gasteiger partial charge in [-0.3, -0.25) is 4.79 Å². The fourth-order valence-corrected chi connectivity index (χ4v) is 2.83. The van der Waals surface area contributed by atoms with Crippen molar-refractivity contribution in [3.05, 3.63) is 58.3 Å². The summed E-state index contributed by atoms with van der Waals surface area (Å²) in [4.78, 5) is 12.3. The molecule has 106 valence electrons. The molecule has 2 aromatic rings. The molecule has 3 atom stereocenters. The molecule has 3 unspecified atom stereocenters. The summed E-state index contributed by atoms with van der Waals surface area (Å²) in [7, 11) is 0. The van der Waals surface area contributed by atoms with E-state index in [4.69, 9.17) is 5.73 Å². The highest BCUT2D eigenvalue weighted by molar-refractivity contribution is 7.07. The Morgan fingerprint density at radius 3 is 2.45 bits per heavy atom. The summed E-state index contributed by atoms with van der Waals surface area (Å²) in [5, 5.41) is 7.08. The van der Waals surface area contributed by atoms with Gasteiger partial charge in [0.2, 0.25) is 5.91 Å². The van der Waals surface area contributed by atoms with Crippen LogP contribution in [0, 0.1) is 5.92 Å². The number of hydrogen-bond acceptors (Lipinski definition) is 3. The van der Waals surface area contributed by atoms with Crippen LogP contribution in [0.25, 0.3) is 0 Å². The van der Waals surface area contributed by atoms with Crippen molar-refractivity contribution in [3.63, 3.8) is 0 Å². The predicted octanol–water partition coefficient (Wildman–Crippen LogP) is 3.26. The van der Waals surface area contributed by atoms with Gasteiger partial charge in [-0.25, -0.2) is 0 Å². The third-order valence-corrected chi connectivity index (χ3v) is 4.24. The van der Waals surface area contributed by atoms with Crippen LogP contribution in [-0.2, 0) is 4.79 Å². The Morgan fingerprint density at radius 2 is 1.85 bits per heavy atom. The van der Waals surface area contributed by atoms with Gasteiger partial charge in [0.25, 0.3) is 0 Å². The first kappa shape index (κ1) is 14.8. The highest BCUT2D eigenvalue weighted by atomic mass is 32.1. The summed E-state index contributed by atoms with van der Waals surface area (Å²) in [5.74, 6) is -0.279. The second-order valence-corrected chi connectivity index (χ2v) is 5.79. The number of carbonyl (C=O) groups is 1. The van der Waals surface area contributed by atoms with Gasteiger partial charge < -0.3 is 11.1 Å². The molecule has 4 heteroatoms. The van der Waals surface area contributed by atoms with Crippen molar-refractivity contribution in [2.24, 2.45) is 11.7 Å². The zero-order valence-electron chi connectivity index (χ0n) is 11.7. The van der Waals surface area contributed by atoms with E-state index in [1.165, 1.54) is 0 Å². The highest BCUT2D eigenvalue weighted by Gasteiger charge is 2.23. The van der Waals surface area contributed by atoms with Crippen molar-refractivity contribution in [1.29, 1.82) is 0 Å². The van der Waals surface area contributed by atoms with Crippen molar-refractivity contribution in [1.82, 2.24) is 5.32 Å². The van der Waals surface area contributed by atoms with Gasteiger partial charge >= 0.3 is 0 Å². The van der Waals surface area contributed by atoms with Crippen LogP contribution in [0.3, 0.4) is 0 Å². The van der Waals surface area contributed by atoms with Gasteiger partial charge in [0.05, 0.1) is 12.0 Å². The average molecular weight is 288 g/mol. The smallest absolute Gasteiger partial charge is 0.225 e. The first-order chi connectivity index (χ1) is 9.59. The Labute approximate surface area is 123 Å². The summed E-state index contributed by atoms with van der Waals surface area (Å²) in [5.41, 5.74) is 8.29. The van der Waals surface area contributed by atoms with Gasteiger partial charge in [-0.05, 0) is 34.9 Å². The number of hydrogen-bond donors (Lipinski definition) is 2. The van der Waals surface area contributed by atoms with Crippen LogP contribution in [0.15, 0.2) is 47.2 Å². The molecule has 0 saturated heterocycles. The molecule has 0 fully saturated rings. The molecule has 0 aliphatic rings. The maximum atomic E-state index is 12.3. The summed E-state index contributed by atoms with van der Waals surface area (Å²) >= 11 is 1.63. The minimum Gasteiger partial charge on any atom is -0.349 e. The Morgan fingerprint density at radius 1 is 1.15 bits per heavy atom. The molecular formula is C16H20N2OS. The zero-order valence-corrected chi connectivity index (χ0v) is 12.6. The van der Waals surface area contributed by atoms with Crippen LogP contribution in [0.5, 0.6) is 0 Å². The Hall–Kier alpha value is -1.65. The normalized spacial score (nSPS) is 15.3. The standard InChI is InChI=1S/C16H20N2OS/c1-11(15(17)13-6-4-3-5-7-13)16(19)18-12(2)14-8-9-20-10-14/h3-12,15H,17H2,1-2H3,(H,18,19). The maximum Gasteiger partial charge on any atom is 0.225 e. The number of thiophene rings is 1. The lowest BCUT2D eigenvalue weighted by Crippen LogP contribution is -2.36. The van der Waals surface area contributed by atoms with Gasteiger partial charge in [-0.2, -0.15) is 11.3 Å². The minimum absolute atomic E-state index is 0.0131. The van der Waals surface area contributed by atoms with Crippen LogP contribution < -0.4 is 11.1 Å². The minimum atomic E-state index is -0.286. The van der Waals surface area contributed by atoms with Crippen molar-refractivity contribution in [2.45, 2.75) is 25.9 Å². The van der Waals surface area contributed by atoms with E-state index in [-0.39, 0.29) is 23.9 Å². The largest absolute Gasteiger partial charge is 0.349 e. The van der Waals surface area contributed by atoms with Gasteiger partial charge in [-0.1, -0.05) is 37.3 Å². The van der Waals surface area contributed by atoms with Gasteiger partial charge in [0, 0.05) is 6.04 Å².